The molecule has 3 nitrogen and oxygen atoms in total. The molecule has 0 saturated carbocycles. The summed E-state index contributed by atoms with van der Waals surface area (Å²) in [5, 5.41) is 3.26. The van der Waals surface area contributed by atoms with E-state index in [-0.39, 0.29) is 0 Å². The first-order valence-corrected chi connectivity index (χ1v) is 6.01. The molecule has 0 aliphatic carbocycles. The second-order valence-electron chi connectivity index (χ2n) is 3.42. The van der Waals surface area contributed by atoms with E-state index < -0.39 is 0 Å². The van der Waals surface area contributed by atoms with E-state index in [9.17, 15) is 0 Å². The Balaban J connectivity index is 1.99. The van der Waals surface area contributed by atoms with E-state index in [1.807, 2.05) is 24.3 Å². The lowest BCUT2D eigenvalue weighted by atomic mass is 10.3. The largest absolute Gasteiger partial charge is 0.464 e. The molecule has 84 valence electrons. The maximum absolute atomic E-state index is 5.60. The summed E-state index contributed by atoms with van der Waals surface area (Å²) in [5.74, 6) is 1.95. The highest BCUT2D eigenvalue weighted by Gasteiger charge is 2.02. The van der Waals surface area contributed by atoms with Crippen LogP contribution in [0.3, 0.4) is 0 Å². The molecular weight excluding hydrogens is 268 g/mol. The maximum atomic E-state index is 5.60. The molecule has 4 heteroatoms. The van der Waals surface area contributed by atoms with Crippen LogP contribution in [0.5, 0.6) is 0 Å². The van der Waals surface area contributed by atoms with E-state index in [0.29, 0.717) is 6.54 Å². The van der Waals surface area contributed by atoms with E-state index in [1.165, 1.54) is 0 Å². The third-order valence-electron chi connectivity index (χ3n) is 2.28. The number of hydrogen-bond acceptors (Lipinski definition) is 3. The monoisotopic (exact) mass is 280 g/mol. The van der Waals surface area contributed by atoms with Crippen LogP contribution in [0, 0.1) is 0 Å². The highest BCUT2D eigenvalue weighted by Crippen LogP contribution is 2.19. The van der Waals surface area contributed by atoms with Crippen LogP contribution in [0.25, 0.3) is 0 Å². The lowest BCUT2D eigenvalue weighted by Crippen LogP contribution is -1.99. The van der Waals surface area contributed by atoms with Gasteiger partial charge in [0.2, 0.25) is 0 Å². The molecule has 0 radical (unpaired) electrons. The maximum Gasteiger partial charge on any atom is 0.129 e. The Hall–Kier alpha value is -1.29. The molecule has 2 heterocycles. The van der Waals surface area contributed by atoms with E-state index in [1.54, 1.807) is 6.20 Å². The van der Waals surface area contributed by atoms with Gasteiger partial charge in [-0.25, -0.2) is 4.98 Å². The molecule has 0 atom stereocenters. The summed E-state index contributed by atoms with van der Waals surface area (Å²) in [7, 11) is 0. The Bertz CT molecular complexity index is 468. The van der Waals surface area contributed by atoms with Crippen molar-refractivity contribution in [3.05, 3.63) is 46.6 Å². The summed E-state index contributed by atoms with van der Waals surface area (Å²) < 4.78 is 6.41. The summed E-state index contributed by atoms with van der Waals surface area (Å²) in [4.78, 5) is 4.14. The number of rotatable bonds is 4. The van der Waals surface area contributed by atoms with E-state index >= 15 is 0 Å². The van der Waals surface area contributed by atoms with Crippen LogP contribution in [-0.2, 0) is 13.0 Å². The van der Waals surface area contributed by atoms with Gasteiger partial charge in [-0.3, -0.25) is 0 Å². The van der Waals surface area contributed by atoms with E-state index in [0.717, 1.165) is 28.2 Å². The molecule has 0 aliphatic rings. The fourth-order valence-electron chi connectivity index (χ4n) is 1.41. The molecule has 0 aliphatic heterocycles. The van der Waals surface area contributed by atoms with Crippen molar-refractivity contribution >= 4 is 21.6 Å². The number of halogens is 1. The van der Waals surface area contributed by atoms with Crippen LogP contribution in [0.1, 0.15) is 18.4 Å². The number of anilines is 1. The number of pyridine rings is 1. The van der Waals surface area contributed by atoms with Crippen LogP contribution in [-0.4, -0.2) is 4.98 Å². The summed E-state index contributed by atoms with van der Waals surface area (Å²) in [5.41, 5.74) is 0.969. The Morgan fingerprint density at radius 2 is 2.12 bits per heavy atom. The van der Waals surface area contributed by atoms with Crippen molar-refractivity contribution in [3.63, 3.8) is 0 Å². The fraction of sp³-hybridized carbons (Fsp3) is 0.250. The van der Waals surface area contributed by atoms with Gasteiger partial charge >= 0.3 is 0 Å². The second kappa shape index (κ2) is 5.16. The molecule has 16 heavy (non-hydrogen) atoms. The lowest BCUT2D eigenvalue weighted by molar-refractivity contribution is 0.476. The third kappa shape index (κ3) is 2.64. The number of hydrogen-bond donors (Lipinski definition) is 1. The number of nitrogens with zero attached hydrogens (tertiary/aromatic N) is 1. The van der Waals surface area contributed by atoms with Crippen molar-refractivity contribution < 1.29 is 4.42 Å². The quantitative estimate of drug-likeness (QED) is 0.870. The predicted molar refractivity (Wildman–Crippen MR) is 67.3 cm³/mol. The number of nitrogens with one attached hydrogen (secondary N) is 1. The minimum absolute atomic E-state index is 0.671. The summed E-state index contributed by atoms with van der Waals surface area (Å²) in [6.07, 6.45) is 2.67. The molecule has 0 aromatic carbocycles. The summed E-state index contributed by atoms with van der Waals surface area (Å²) >= 11 is 3.38. The van der Waals surface area contributed by atoms with Gasteiger partial charge in [0.25, 0.3) is 0 Å². The molecular formula is C12H13BrN2O. The van der Waals surface area contributed by atoms with Crippen LogP contribution in [0.15, 0.2) is 39.5 Å². The molecule has 0 bridgehead atoms. The Kier molecular flexibility index (Phi) is 3.62. The number of aryl methyl sites for hydroxylation is 1. The van der Waals surface area contributed by atoms with Gasteiger partial charge in [-0.2, -0.15) is 0 Å². The van der Waals surface area contributed by atoms with Crippen LogP contribution in [0.4, 0.5) is 5.69 Å². The predicted octanol–water partition coefficient (Wildman–Crippen LogP) is 3.61. The van der Waals surface area contributed by atoms with Gasteiger partial charge in [-0.05, 0) is 40.2 Å². The van der Waals surface area contributed by atoms with Crippen molar-refractivity contribution in [2.24, 2.45) is 0 Å². The van der Waals surface area contributed by atoms with Crippen molar-refractivity contribution in [3.8, 4) is 0 Å². The normalized spacial score (nSPS) is 10.4. The molecule has 0 saturated heterocycles. The van der Waals surface area contributed by atoms with Gasteiger partial charge in [0.05, 0.1) is 12.2 Å². The second-order valence-corrected chi connectivity index (χ2v) is 4.17. The van der Waals surface area contributed by atoms with Crippen LogP contribution >= 0.6 is 15.9 Å². The smallest absolute Gasteiger partial charge is 0.129 e. The SMILES string of the molecule is CCc1ccc(CNc2cccnc2Br)o1. The highest BCUT2D eigenvalue weighted by atomic mass is 79.9. The molecule has 2 rings (SSSR count). The van der Waals surface area contributed by atoms with Gasteiger partial charge < -0.3 is 9.73 Å². The van der Waals surface area contributed by atoms with Crippen molar-refractivity contribution in [1.29, 1.82) is 0 Å². The third-order valence-corrected chi connectivity index (χ3v) is 2.91. The number of aromatic nitrogens is 1. The van der Waals surface area contributed by atoms with Gasteiger partial charge in [0, 0.05) is 12.6 Å². The summed E-state index contributed by atoms with van der Waals surface area (Å²) in [6.45, 7) is 2.75. The van der Waals surface area contributed by atoms with Gasteiger partial charge in [-0.15, -0.1) is 0 Å². The molecule has 0 fully saturated rings. The van der Waals surface area contributed by atoms with Gasteiger partial charge in [0.1, 0.15) is 16.1 Å². The first-order valence-electron chi connectivity index (χ1n) is 5.21. The van der Waals surface area contributed by atoms with Crippen LogP contribution < -0.4 is 5.32 Å². The molecule has 1 N–H and O–H groups in total. The number of furan rings is 1. The van der Waals surface area contributed by atoms with Crippen LogP contribution in [0.2, 0.25) is 0 Å². The minimum atomic E-state index is 0.671. The van der Waals surface area contributed by atoms with Gasteiger partial charge in [-0.1, -0.05) is 6.92 Å². The molecule has 2 aromatic heterocycles. The first kappa shape index (κ1) is 11.2. The first-order chi connectivity index (χ1) is 7.79. The Morgan fingerprint density at radius 3 is 2.81 bits per heavy atom. The average molecular weight is 281 g/mol. The van der Waals surface area contributed by atoms with Gasteiger partial charge in [0.15, 0.2) is 0 Å². The molecule has 2 aromatic rings. The van der Waals surface area contributed by atoms with Crippen molar-refractivity contribution in [2.75, 3.05) is 5.32 Å². The van der Waals surface area contributed by atoms with E-state index in [2.05, 4.69) is 33.2 Å². The molecule has 0 unspecified atom stereocenters. The minimum Gasteiger partial charge on any atom is -0.464 e. The lowest BCUT2D eigenvalue weighted by Gasteiger charge is -2.05. The zero-order valence-corrected chi connectivity index (χ0v) is 10.6. The van der Waals surface area contributed by atoms with Crippen molar-refractivity contribution in [1.82, 2.24) is 4.98 Å². The van der Waals surface area contributed by atoms with Crippen molar-refractivity contribution in [2.45, 2.75) is 19.9 Å². The molecule has 0 spiro atoms. The zero-order chi connectivity index (χ0) is 11.4. The molecule has 0 amide bonds. The standard InChI is InChI=1S/C12H13BrN2O/c1-2-9-5-6-10(16-9)8-15-11-4-3-7-14-12(11)13/h3-7,15H,2,8H2,1H3. The van der Waals surface area contributed by atoms with E-state index in [4.69, 9.17) is 4.42 Å². The fourth-order valence-corrected chi connectivity index (χ4v) is 1.80. The zero-order valence-electron chi connectivity index (χ0n) is 9.03. The average Bonchev–Trinajstić information content (AvgIpc) is 2.76. The Morgan fingerprint density at radius 1 is 1.31 bits per heavy atom. The Labute approximate surface area is 103 Å². The summed E-state index contributed by atoms with van der Waals surface area (Å²) in [6, 6.07) is 7.87. The highest BCUT2D eigenvalue weighted by molar-refractivity contribution is 9.10. The topological polar surface area (TPSA) is 38.1 Å².